The average molecular weight is 244 g/mol. The van der Waals surface area contributed by atoms with E-state index in [9.17, 15) is 0 Å². The lowest BCUT2D eigenvalue weighted by molar-refractivity contribution is -0.921. The molecule has 0 aromatic carbocycles. The molecule has 1 unspecified atom stereocenters. The smallest absolute Gasteiger partial charge is 0.263 e. The third-order valence-corrected chi connectivity index (χ3v) is 4.42. The largest absolute Gasteiger partial charge is 0.427 e. The molecule has 0 radical (unpaired) electrons. The van der Waals surface area contributed by atoms with Gasteiger partial charge in [0.25, 0.3) is 6.23 Å². The highest BCUT2D eigenvalue weighted by Crippen LogP contribution is 2.19. The van der Waals surface area contributed by atoms with Crippen molar-refractivity contribution < 1.29 is 14.3 Å². The van der Waals surface area contributed by atoms with Gasteiger partial charge in [-0.05, 0) is 18.8 Å². The van der Waals surface area contributed by atoms with E-state index in [0.29, 0.717) is 0 Å². The maximum Gasteiger partial charge on any atom is 0.263 e. The Kier molecular flexibility index (Phi) is 4.42. The molecule has 1 atom stereocenters. The first kappa shape index (κ1) is 13.3. The van der Waals surface area contributed by atoms with E-state index in [-0.39, 0.29) is 6.23 Å². The third kappa shape index (κ3) is 3.65. The number of morpholine rings is 1. The monoisotopic (exact) mass is 244 g/mol. The average Bonchev–Trinajstić information content (AvgIpc) is 2.30. The predicted octanol–water partition coefficient (Wildman–Crippen LogP) is 0.246. The minimum absolute atomic E-state index is 0.0226. The Morgan fingerprint density at radius 3 is 2.47 bits per heavy atom. The van der Waals surface area contributed by atoms with Crippen LogP contribution in [0.2, 0.25) is 0 Å². The number of rotatable bonds is 3. The molecule has 0 amide bonds. The first-order chi connectivity index (χ1) is 8.09. The van der Waals surface area contributed by atoms with Crippen LogP contribution in [0.5, 0.6) is 0 Å². The minimum Gasteiger partial charge on any atom is -0.427 e. The first-order valence-electron chi connectivity index (χ1n) is 6.95. The van der Waals surface area contributed by atoms with Gasteiger partial charge in [0.2, 0.25) is 0 Å². The van der Waals surface area contributed by atoms with E-state index in [1.807, 2.05) is 0 Å². The molecular formula is C13H28N2O2+2. The SMILES string of the molecule is CC1CCN(C([OH2+])C[N+]2(C)CCOCC2)CC1. The Balaban J connectivity index is 1.81. The van der Waals surface area contributed by atoms with Crippen LogP contribution in [-0.2, 0) is 4.74 Å². The van der Waals surface area contributed by atoms with Crippen molar-refractivity contribution in [2.45, 2.75) is 26.0 Å². The Morgan fingerprint density at radius 1 is 1.29 bits per heavy atom. The topological polar surface area (TPSA) is 35.4 Å². The van der Waals surface area contributed by atoms with Crippen LogP contribution >= 0.6 is 0 Å². The molecule has 2 N–H and O–H groups in total. The van der Waals surface area contributed by atoms with Gasteiger partial charge >= 0.3 is 0 Å². The van der Waals surface area contributed by atoms with Crippen LogP contribution in [-0.4, -0.2) is 73.7 Å². The summed E-state index contributed by atoms with van der Waals surface area (Å²) in [7, 11) is 2.27. The van der Waals surface area contributed by atoms with Crippen molar-refractivity contribution in [3.8, 4) is 0 Å². The minimum atomic E-state index is -0.0226. The second kappa shape index (κ2) is 5.65. The molecule has 2 fully saturated rings. The van der Waals surface area contributed by atoms with Crippen molar-refractivity contribution in [3.05, 3.63) is 0 Å². The van der Waals surface area contributed by atoms with Gasteiger partial charge in [-0.25, -0.2) is 4.90 Å². The Labute approximate surface area is 105 Å². The zero-order valence-corrected chi connectivity index (χ0v) is 11.3. The number of hydrogen-bond donors (Lipinski definition) is 0. The first-order valence-corrected chi connectivity index (χ1v) is 6.95. The Bertz CT molecular complexity index is 234. The van der Waals surface area contributed by atoms with E-state index >= 15 is 0 Å². The second-order valence-electron chi connectivity index (χ2n) is 6.10. The van der Waals surface area contributed by atoms with Crippen molar-refractivity contribution in [1.29, 1.82) is 0 Å². The predicted molar refractivity (Wildman–Crippen MR) is 69.0 cm³/mol. The van der Waals surface area contributed by atoms with Crippen LogP contribution in [0.25, 0.3) is 0 Å². The summed E-state index contributed by atoms with van der Waals surface area (Å²) in [6.45, 7) is 9.38. The summed E-state index contributed by atoms with van der Waals surface area (Å²) in [5.74, 6) is 0.853. The summed E-state index contributed by atoms with van der Waals surface area (Å²) in [5.41, 5.74) is 0. The van der Waals surface area contributed by atoms with Crippen molar-refractivity contribution >= 4 is 0 Å². The summed E-state index contributed by atoms with van der Waals surface area (Å²) < 4.78 is 6.43. The number of ether oxygens (including phenoxy) is 1. The lowest BCUT2D eigenvalue weighted by Gasteiger charge is -2.40. The highest BCUT2D eigenvalue weighted by Gasteiger charge is 2.34. The molecule has 2 heterocycles. The molecule has 2 rings (SSSR count). The summed E-state index contributed by atoms with van der Waals surface area (Å²) in [4.78, 5) is 2.36. The molecule has 0 aromatic heterocycles. The molecule has 0 saturated carbocycles. The quantitative estimate of drug-likeness (QED) is 0.527. The maximum absolute atomic E-state index is 8.36. The van der Waals surface area contributed by atoms with Gasteiger partial charge in [0.1, 0.15) is 13.1 Å². The fourth-order valence-corrected chi connectivity index (χ4v) is 2.84. The van der Waals surface area contributed by atoms with Crippen LogP contribution in [0.1, 0.15) is 19.8 Å². The number of quaternary nitrogens is 1. The van der Waals surface area contributed by atoms with Crippen LogP contribution in [0.3, 0.4) is 0 Å². The summed E-state index contributed by atoms with van der Waals surface area (Å²) in [6, 6.07) is 0. The molecule has 0 aliphatic carbocycles. The zero-order chi connectivity index (χ0) is 12.3. The van der Waals surface area contributed by atoms with E-state index in [1.165, 1.54) is 12.8 Å². The molecular weight excluding hydrogens is 216 g/mol. The van der Waals surface area contributed by atoms with Gasteiger partial charge in [0, 0.05) is 13.1 Å². The van der Waals surface area contributed by atoms with Crippen LogP contribution < -0.4 is 0 Å². The molecule has 2 aliphatic rings. The van der Waals surface area contributed by atoms with Crippen molar-refractivity contribution in [2.75, 3.05) is 53.0 Å². The van der Waals surface area contributed by atoms with Crippen LogP contribution in [0.4, 0.5) is 0 Å². The van der Waals surface area contributed by atoms with E-state index in [4.69, 9.17) is 9.84 Å². The van der Waals surface area contributed by atoms with Gasteiger partial charge in [-0.2, -0.15) is 0 Å². The van der Waals surface area contributed by atoms with Crippen LogP contribution in [0.15, 0.2) is 0 Å². The molecule has 0 bridgehead atoms. The number of piperidine rings is 1. The fourth-order valence-electron chi connectivity index (χ4n) is 2.84. The fraction of sp³-hybridized carbons (Fsp3) is 1.00. The van der Waals surface area contributed by atoms with Crippen molar-refractivity contribution in [3.63, 3.8) is 0 Å². The van der Waals surface area contributed by atoms with Crippen LogP contribution in [0, 0.1) is 5.92 Å². The summed E-state index contributed by atoms with van der Waals surface area (Å²) in [6.07, 6.45) is 2.51. The number of likely N-dealkylation sites (N-methyl/N-ethyl adjacent to an activating group) is 1. The van der Waals surface area contributed by atoms with Gasteiger partial charge < -0.3 is 14.3 Å². The number of likely N-dealkylation sites (tertiary alicyclic amines) is 1. The highest BCUT2D eigenvalue weighted by molar-refractivity contribution is 4.71. The second-order valence-corrected chi connectivity index (χ2v) is 6.10. The standard InChI is InChI=1S/C13H27N2O2/c1-12-3-5-14(6-4-12)13(16)11-15(2)7-9-17-10-8-15/h12-13,16H,3-11H2,1-2H3/q+1/p+1. The number of nitrogens with zero attached hydrogens (tertiary/aromatic N) is 2. The molecule has 2 saturated heterocycles. The molecule has 0 aromatic rings. The van der Waals surface area contributed by atoms with E-state index < -0.39 is 0 Å². The lowest BCUT2D eigenvalue weighted by Crippen LogP contribution is -2.58. The normalized spacial score (nSPS) is 29.1. The Morgan fingerprint density at radius 2 is 1.88 bits per heavy atom. The molecule has 100 valence electrons. The summed E-state index contributed by atoms with van der Waals surface area (Å²) in [5, 5.41) is 8.36. The van der Waals surface area contributed by atoms with Gasteiger partial charge in [0.15, 0.2) is 6.54 Å². The van der Waals surface area contributed by atoms with E-state index in [2.05, 4.69) is 18.9 Å². The van der Waals surface area contributed by atoms with Gasteiger partial charge in [-0.1, -0.05) is 6.92 Å². The van der Waals surface area contributed by atoms with E-state index in [1.54, 1.807) is 0 Å². The molecule has 17 heavy (non-hydrogen) atoms. The molecule has 4 nitrogen and oxygen atoms in total. The zero-order valence-electron chi connectivity index (χ0n) is 11.3. The third-order valence-electron chi connectivity index (χ3n) is 4.42. The van der Waals surface area contributed by atoms with Gasteiger partial charge in [-0.15, -0.1) is 0 Å². The van der Waals surface area contributed by atoms with Gasteiger partial charge in [0.05, 0.1) is 20.3 Å². The Hall–Kier alpha value is -0.160. The lowest BCUT2D eigenvalue weighted by atomic mass is 9.99. The molecule has 2 aliphatic heterocycles. The van der Waals surface area contributed by atoms with E-state index in [0.717, 1.165) is 56.3 Å². The van der Waals surface area contributed by atoms with Crippen molar-refractivity contribution in [1.82, 2.24) is 4.90 Å². The highest BCUT2D eigenvalue weighted by atomic mass is 16.5. The molecule has 4 heteroatoms. The maximum atomic E-state index is 8.36. The molecule has 0 spiro atoms. The van der Waals surface area contributed by atoms with Gasteiger partial charge in [-0.3, -0.25) is 0 Å². The number of hydrogen-bond acceptors (Lipinski definition) is 2. The summed E-state index contributed by atoms with van der Waals surface area (Å²) >= 11 is 0. The van der Waals surface area contributed by atoms with Crippen molar-refractivity contribution in [2.24, 2.45) is 5.92 Å².